The molecule has 0 spiro atoms. The van der Waals surface area contributed by atoms with Gasteiger partial charge in [-0.1, -0.05) is 36.4 Å². The predicted octanol–water partition coefficient (Wildman–Crippen LogP) is 4.21. The van der Waals surface area contributed by atoms with Crippen LogP contribution in [-0.2, 0) is 20.9 Å². The van der Waals surface area contributed by atoms with Crippen molar-refractivity contribution in [3.63, 3.8) is 0 Å². The molecule has 1 atom stereocenters. The van der Waals surface area contributed by atoms with Gasteiger partial charge in [0.25, 0.3) is 5.56 Å². The summed E-state index contributed by atoms with van der Waals surface area (Å²) in [5, 5.41) is 7.96. The van der Waals surface area contributed by atoms with Crippen LogP contribution in [0.1, 0.15) is 36.9 Å². The number of carbonyl (C=O) groups is 3. The molecule has 3 amide bonds. The van der Waals surface area contributed by atoms with Crippen molar-refractivity contribution in [1.29, 1.82) is 0 Å². The lowest BCUT2D eigenvalue weighted by Gasteiger charge is -2.18. The average Bonchev–Trinajstić information content (AvgIpc) is 3.02. The number of esters is 1. The van der Waals surface area contributed by atoms with E-state index in [1.807, 2.05) is 30.3 Å². The minimum absolute atomic E-state index is 0.0337. The normalized spacial score (nSPS) is 11.3. The van der Waals surface area contributed by atoms with Crippen molar-refractivity contribution in [3.8, 4) is 5.75 Å². The van der Waals surface area contributed by atoms with Crippen molar-refractivity contribution < 1.29 is 28.6 Å². The zero-order chi connectivity index (χ0) is 30.4. The quantitative estimate of drug-likeness (QED) is 0.156. The standard InChI is InChI=1S/C31H33N5O7/c1-2-41-28(37)18-27(23-10-6-15-32-19-23)35-30(39)34-26-14-12-24-11-13-25(20-36(24)29(26)38)42-17-7-16-33-31(40)43-21-22-8-4-3-5-9-22/h3-6,8-15,19-20,27H,2,7,16-18,21H2,1H3,(H,33,40)(H2,34,35,39). The Kier molecular flexibility index (Phi) is 11.1. The summed E-state index contributed by atoms with van der Waals surface area (Å²) in [6, 6.07) is 18.1. The van der Waals surface area contributed by atoms with Gasteiger partial charge >= 0.3 is 18.1 Å². The molecule has 12 nitrogen and oxygen atoms in total. The zero-order valence-corrected chi connectivity index (χ0v) is 23.7. The van der Waals surface area contributed by atoms with Crippen LogP contribution in [0.25, 0.3) is 5.52 Å². The first-order chi connectivity index (χ1) is 20.9. The Balaban J connectivity index is 1.30. The summed E-state index contributed by atoms with van der Waals surface area (Å²) < 4.78 is 17.3. The molecule has 4 rings (SSSR count). The molecule has 0 saturated carbocycles. The van der Waals surface area contributed by atoms with E-state index in [9.17, 15) is 19.2 Å². The van der Waals surface area contributed by atoms with Crippen molar-refractivity contribution in [3.05, 3.63) is 107 Å². The molecular formula is C31H33N5O7. The summed E-state index contributed by atoms with van der Waals surface area (Å²) >= 11 is 0. The van der Waals surface area contributed by atoms with E-state index in [4.69, 9.17) is 14.2 Å². The van der Waals surface area contributed by atoms with Gasteiger partial charge in [0.05, 0.1) is 31.9 Å². The van der Waals surface area contributed by atoms with E-state index in [0.717, 1.165) is 5.56 Å². The molecule has 0 saturated heterocycles. The Morgan fingerprint density at radius 3 is 2.56 bits per heavy atom. The highest BCUT2D eigenvalue weighted by molar-refractivity contribution is 5.90. The van der Waals surface area contributed by atoms with Crippen LogP contribution in [0, 0.1) is 0 Å². The van der Waals surface area contributed by atoms with Crippen LogP contribution in [0.3, 0.4) is 0 Å². The number of benzene rings is 1. The monoisotopic (exact) mass is 587 g/mol. The number of ether oxygens (including phenoxy) is 3. The maximum absolute atomic E-state index is 13.2. The summed E-state index contributed by atoms with van der Waals surface area (Å²) in [5.41, 5.74) is 1.67. The van der Waals surface area contributed by atoms with E-state index < -0.39 is 29.7 Å². The van der Waals surface area contributed by atoms with Crippen LogP contribution in [0.5, 0.6) is 5.75 Å². The van der Waals surface area contributed by atoms with Crippen LogP contribution in [0.4, 0.5) is 15.3 Å². The Morgan fingerprint density at radius 1 is 0.977 bits per heavy atom. The second kappa shape index (κ2) is 15.6. The summed E-state index contributed by atoms with van der Waals surface area (Å²) in [6.45, 7) is 2.73. The first-order valence-corrected chi connectivity index (χ1v) is 13.8. The van der Waals surface area contributed by atoms with Gasteiger partial charge in [-0.25, -0.2) is 9.59 Å². The largest absolute Gasteiger partial charge is 0.492 e. The van der Waals surface area contributed by atoms with Gasteiger partial charge < -0.3 is 30.2 Å². The molecule has 0 aliphatic rings. The van der Waals surface area contributed by atoms with Crippen LogP contribution < -0.4 is 26.2 Å². The van der Waals surface area contributed by atoms with E-state index >= 15 is 0 Å². The van der Waals surface area contributed by atoms with E-state index in [-0.39, 0.29) is 31.9 Å². The lowest BCUT2D eigenvalue weighted by atomic mass is 10.1. The fraction of sp³-hybridized carbons (Fsp3) is 0.258. The summed E-state index contributed by atoms with van der Waals surface area (Å²) in [5.74, 6) is -0.0392. The average molecular weight is 588 g/mol. The Hall–Kier alpha value is -5.39. The van der Waals surface area contributed by atoms with Gasteiger partial charge in [0, 0.05) is 24.5 Å². The Bertz CT molecular complexity index is 1580. The highest BCUT2D eigenvalue weighted by Gasteiger charge is 2.20. The van der Waals surface area contributed by atoms with Crippen molar-refractivity contribution >= 4 is 29.3 Å². The number of amides is 3. The molecule has 1 unspecified atom stereocenters. The molecule has 43 heavy (non-hydrogen) atoms. The molecule has 0 bridgehead atoms. The van der Waals surface area contributed by atoms with Crippen molar-refractivity contribution in [2.75, 3.05) is 25.1 Å². The third-order valence-electron chi connectivity index (χ3n) is 6.21. The Morgan fingerprint density at radius 2 is 1.79 bits per heavy atom. The van der Waals surface area contributed by atoms with E-state index in [1.165, 1.54) is 16.7 Å². The van der Waals surface area contributed by atoms with Gasteiger partial charge in [0.15, 0.2) is 0 Å². The lowest BCUT2D eigenvalue weighted by molar-refractivity contribution is -0.143. The van der Waals surface area contributed by atoms with Crippen LogP contribution in [-0.4, -0.2) is 47.2 Å². The SMILES string of the molecule is CCOC(=O)CC(NC(=O)Nc1ccc2ccc(OCCCNC(=O)OCc3ccccc3)cn2c1=O)c1cccnc1. The number of hydrogen-bond donors (Lipinski definition) is 3. The lowest BCUT2D eigenvalue weighted by Crippen LogP contribution is -2.35. The summed E-state index contributed by atoms with van der Waals surface area (Å²) in [6.07, 6.45) is 4.55. The topological polar surface area (TPSA) is 149 Å². The number of nitrogens with zero attached hydrogens (tertiary/aromatic N) is 2. The van der Waals surface area contributed by atoms with E-state index in [0.29, 0.717) is 29.8 Å². The van der Waals surface area contributed by atoms with Crippen molar-refractivity contribution in [1.82, 2.24) is 20.0 Å². The molecule has 12 heteroatoms. The maximum atomic E-state index is 13.2. The third kappa shape index (κ3) is 9.32. The van der Waals surface area contributed by atoms with Gasteiger partial charge in [-0.3, -0.25) is 19.0 Å². The first-order valence-electron chi connectivity index (χ1n) is 13.8. The molecular weight excluding hydrogens is 554 g/mol. The van der Waals surface area contributed by atoms with Crippen molar-refractivity contribution in [2.24, 2.45) is 0 Å². The highest BCUT2D eigenvalue weighted by atomic mass is 16.5. The van der Waals surface area contributed by atoms with Crippen LogP contribution in [0.15, 0.2) is 90.1 Å². The number of aromatic nitrogens is 2. The molecule has 3 N–H and O–H groups in total. The molecule has 1 aromatic carbocycles. The highest BCUT2D eigenvalue weighted by Crippen LogP contribution is 2.18. The number of hydrogen-bond acceptors (Lipinski definition) is 8. The van der Waals surface area contributed by atoms with Gasteiger partial charge in [-0.2, -0.15) is 0 Å². The second-order valence-electron chi connectivity index (χ2n) is 9.35. The minimum atomic E-state index is -0.712. The second-order valence-corrected chi connectivity index (χ2v) is 9.35. The molecule has 0 aliphatic carbocycles. The van der Waals surface area contributed by atoms with Crippen molar-refractivity contribution in [2.45, 2.75) is 32.4 Å². The number of pyridine rings is 3. The molecule has 0 radical (unpaired) electrons. The number of carbonyl (C=O) groups excluding carboxylic acids is 3. The zero-order valence-electron chi connectivity index (χ0n) is 23.7. The fourth-order valence-corrected chi connectivity index (χ4v) is 4.12. The first kappa shape index (κ1) is 30.6. The van der Waals surface area contributed by atoms with E-state index in [1.54, 1.807) is 49.6 Å². The van der Waals surface area contributed by atoms with Crippen LogP contribution >= 0.6 is 0 Å². The Labute approximate surface area is 248 Å². The maximum Gasteiger partial charge on any atom is 0.407 e. The van der Waals surface area contributed by atoms with Gasteiger partial charge in [0.2, 0.25) is 0 Å². The fourth-order valence-electron chi connectivity index (χ4n) is 4.12. The summed E-state index contributed by atoms with van der Waals surface area (Å²) in [4.78, 5) is 54.1. The smallest absolute Gasteiger partial charge is 0.407 e. The molecule has 0 aliphatic heterocycles. The number of urea groups is 1. The molecule has 0 fully saturated rings. The third-order valence-corrected chi connectivity index (χ3v) is 6.21. The molecule has 224 valence electrons. The number of rotatable bonds is 13. The number of alkyl carbamates (subject to hydrolysis) is 1. The number of nitrogens with one attached hydrogen (secondary N) is 3. The van der Waals surface area contributed by atoms with Crippen LogP contribution in [0.2, 0.25) is 0 Å². The summed E-state index contributed by atoms with van der Waals surface area (Å²) in [7, 11) is 0. The minimum Gasteiger partial charge on any atom is -0.492 e. The molecule has 4 aromatic rings. The van der Waals surface area contributed by atoms with Gasteiger partial charge in [-0.05, 0) is 54.8 Å². The number of anilines is 1. The molecule has 3 aromatic heterocycles. The van der Waals surface area contributed by atoms with E-state index in [2.05, 4.69) is 20.9 Å². The number of fused-ring (bicyclic) bond motifs is 1. The van der Waals surface area contributed by atoms with Gasteiger partial charge in [-0.15, -0.1) is 0 Å². The van der Waals surface area contributed by atoms with Gasteiger partial charge in [0.1, 0.15) is 18.0 Å². The molecule has 3 heterocycles. The predicted molar refractivity (Wildman–Crippen MR) is 159 cm³/mol.